The molecule has 7 heteroatoms. The first-order valence-electron chi connectivity index (χ1n) is 4.56. The van der Waals surface area contributed by atoms with Crippen LogP contribution in [0, 0.1) is 3.57 Å². The number of aromatic nitrogens is 2. The van der Waals surface area contributed by atoms with Gasteiger partial charge in [-0.3, -0.25) is 0 Å². The van der Waals surface area contributed by atoms with Crippen molar-refractivity contribution in [1.29, 1.82) is 0 Å². The van der Waals surface area contributed by atoms with E-state index < -0.39 is 0 Å². The molecule has 0 bridgehead atoms. The van der Waals surface area contributed by atoms with E-state index >= 15 is 0 Å². The third-order valence-corrected chi connectivity index (χ3v) is 3.73. The minimum absolute atomic E-state index is 0.255. The molecule has 4 nitrogen and oxygen atoms in total. The Hall–Kier alpha value is -0.600. The molecule has 0 unspecified atom stereocenters. The fourth-order valence-electron chi connectivity index (χ4n) is 1.19. The lowest BCUT2D eigenvalue weighted by molar-refractivity contribution is 1.17. The molecule has 1 heterocycles. The number of nitrogen functional groups attached to an aromatic ring is 1. The summed E-state index contributed by atoms with van der Waals surface area (Å²) >= 11 is 11.7. The van der Waals surface area contributed by atoms with Crippen molar-refractivity contribution >= 4 is 67.4 Å². The highest BCUT2D eigenvalue weighted by Gasteiger charge is 2.08. The molecular formula is C10H7BrClIN4. The van der Waals surface area contributed by atoms with Crippen molar-refractivity contribution in [2.24, 2.45) is 0 Å². The standard InChI is InChI=1S/C10H7BrClIN4/c11-6-2-1-5(13)3-7(6)17-10-8(12)9(14)15-4-16-10/h1-4H,(H3,14,15,16,17). The van der Waals surface area contributed by atoms with Crippen molar-refractivity contribution in [1.82, 2.24) is 9.97 Å². The topological polar surface area (TPSA) is 63.8 Å². The summed E-state index contributed by atoms with van der Waals surface area (Å²) in [5.74, 6) is 0.743. The molecule has 0 amide bonds. The van der Waals surface area contributed by atoms with Gasteiger partial charge in [0.05, 0.1) is 5.69 Å². The lowest BCUT2D eigenvalue weighted by Crippen LogP contribution is -2.00. The van der Waals surface area contributed by atoms with Gasteiger partial charge in [0.2, 0.25) is 0 Å². The average Bonchev–Trinajstić information content (AvgIpc) is 2.30. The van der Waals surface area contributed by atoms with Crippen LogP contribution in [0.15, 0.2) is 29.0 Å². The number of hydrogen-bond donors (Lipinski definition) is 2. The Morgan fingerprint density at radius 1 is 1.35 bits per heavy atom. The second-order valence-electron chi connectivity index (χ2n) is 3.17. The van der Waals surface area contributed by atoms with Crippen LogP contribution >= 0.6 is 50.1 Å². The highest BCUT2D eigenvalue weighted by molar-refractivity contribution is 14.1. The molecule has 0 radical (unpaired) electrons. The maximum Gasteiger partial charge on any atom is 0.154 e. The first kappa shape index (κ1) is 12.8. The molecule has 2 rings (SSSR count). The number of nitrogens with two attached hydrogens (primary N) is 1. The van der Waals surface area contributed by atoms with E-state index in [-0.39, 0.29) is 5.82 Å². The number of hydrogen-bond acceptors (Lipinski definition) is 4. The Balaban J connectivity index is 2.38. The van der Waals surface area contributed by atoms with Crippen molar-refractivity contribution in [3.63, 3.8) is 0 Å². The molecule has 3 N–H and O–H groups in total. The summed E-state index contributed by atoms with van der Waals surface area (Å²) in [6, 6.07) is 5.91. The van der Waals surface area contributed by atoms with Crippen LogP contribution in [-0.2, 0) is 0 Å². The zero-order valence-corrected chi connectivity index (χ0v) is 12.9. The summed E-state index contributed by atoms with van der Waals surface area (Å²) in [6.07, 6.45) is 1.37. The quantitative estimate of drug-likeness (QED) is 0.718. The van der Waals surface area contributed by atoms with Gasteiger partial charge in [-0.05, 0) is 56.7 Å². The minimum atomic E-state index is 0.255. The lowest BCUT2D eigenvalue weighted by atomic mass is 10.3. The maximum atomic E-state index is 6.01. The van der Waals surface area contributed by atoms with Crippen LogP contribution in [0.5, 0.6) is 0 Å². The van der Waals surface area contributed by atoms with Crippen LogP contribution in [0.25, 0.3) is 0 Å². The van der Waals surface area contributed by atoms with Crippen LogP contribution in [-0.4, -0.2) is 9.97 Å². The molecule has 1 aromatic carbocycles. The minimum Gasteiger partial charge on any atom is -0.382 e. The third-order valence-electron chi connectivity index (χ3n) is 2.00. The first-order valence-corrected chi connectivity index (χ1v) is 6.81. The molecule has 0 aliphatic carbocycles. The van der Waals surface area contributed by atoms with Gasteiger partial charge in [0.1, 0.15) is 17.2 Å². The van der Waals surface area contributed by atoms with E-state index in [9.17, 15) is 0 Å². The molecule has 0 saturated heterocycles. The maximum absolute atomic E-state index is 6.01. The molecule has 1 aromatic heterocycles. The normalized spacial score (nSPS) is 10.3. The molecule has 0 fully saturated rings. The van der Waals surface area contributed by atoms with E-state index in [1.165, 1.54) is 6.33 Å². The van der Waals surface area contributed by atoms with Crippen LogP contribution in [0.1, 0.15) is 0 Å². The predicted octanol–water partition coefficient (Wildman–Crippen LogP) is 3.82. The highest BCUT2D eigenvalue weighted by Crippen LogP contribution is 2.31. The molecule has 0 aliphatic rings. The Kier molecular flexibility index (Phi) is 4.05. The zero-order chi connectivity index (χ0) is 12.4. The van der Waals surface area contributed by atoms with Crippen LogP contribution in [0.3, 0.4) is 0 Å². The number of nitrogens with zero attached hydrogens (tertiary/aromatic N) is 2. The number of nitrogens with one attached hydrogen (secondary N) is 1. The van der Waals surface area contributed by atoms with Crippen molar-refractivity contribution < 1.29 is 0 Å². The molecule has 0 saturated carbocycles. The molecule has 0 aliphatic heterocycles. The number of benzene rings is 1. The zero-order valence-electron chi connectivity index (χ0n) is 8.42. The summed E-state index contributed by atoms with van der Waals surface area (Å²) in [4.78, 5) is 7.85. The fourth-order valence-corrected chi connectivity index (χ4v) is 2.17. The molecule has 0 atom stereocenters. The lowest BCUT2D eigenvalue weighted by Gasteiger charge is -2.10. The molecule has 17 heavy (non-hydrogen) atoms. The predicted molar refractivity (Wildman–Crippen MR) is 81.6 cm³/mol. The van der Waals surface area contributed by atoms with Gasteiger partial charge in [0.25, 0.3) is 0 Å². The number of rotatable bonds is 2. The second-order valence-corrected chi connectivity index (χ2v) is 5.65. The van der Waals surface area contributed by atoms with Gasteiger partial charge < -0.3 is 11.1 Å². The summed E-state index contributed by atoms with van der Waals surface area (Å²) < 4.78 is 2.03. The van der Waals surface area contributed by atoms with Crippen LogP contribution in [0.2, 0.25) is 5.02 Å². The van der Waals surface area contributed by atoms with Crippen molar-refractivity contribution in [2.45, 2.75) is 0 Å². The molecule has 0 spiro atoms. The van der Waals surface area contributed by atoms with Gasteiger partial charge in [0, 0.05) is 8.04 Å². The van der Waals surface area contributed by atoms with Gasteiger partial charge in [-0.1, -0.05) is 11.6 Å². The smallest absolute Gasteiger partial charge is 0.154 e. The van der Waals surface area contributed by atoms with E-state index in [1.807, 2.05) is 18.2 Å². The number of anilines is 3. The molecule has 2 aromatic rings. The summed E-state index contributed by atoms with van der Waals surface area (Å²) in [5.41, 5.74) is 6.48. The largest absolute Gasteiger partial charge is 0.382 e. The monoisotopic (exact) mass is 424 g/mol. The second kappa shape index (κ2) is 5.36. The van der Waals surface area contributed by atoms with E-state index in [4.69, 9.17) is 17.3 Å². The van der Waals surface area contributed by atoms with E-state index in [1.54, 1.807) is 0 Å². The van der Waals surface area contributed by atoms with E-state index in [0.29, 0.717) is 10.8 Å². The van der Waals surface area contributed by atoms with Crippen LogP contribution in [0.4, 0.5) is 17.3 Å². The van der Waals surface area contributed by atoms with Gasteiger partial charge in [0.15, 0.2) is 5.82 Å². The van der Waals surface area contributed by atoms with Gasteiger partial charge in [-0.25, -0.2) is 9.97 Å². The van der Waals surface area contributed by atoms with E-state index in [0.717, 1.165) is 13.7 Å². The Morgan fingerprint density at radius 3 is 2.88 bits per heavy atom. The fraction of sp³-hybridized carbons (Fsp3) is 0. The summed E-state index contributed by atoms with van der Waals surface area (Å²) in [5, 5.41) is 3.43. The van der Waals surface area contributed by atoms with Gasteiger partial charge in [-0.2, -0.15) is 0 Å². The Bertz CT molecular complexity index is 564. The van der Waals surface area contributed by atoms with Crippen LogP contribution < -0.4 is 11.1 Å². The third kappa shape index (κ3) is 2.99. The van der Waals surface area contributed by atoms with E-state index in [2.05, 4.69) is 53.8 Å². The highest BCUT2D eigenvalue weighted by atomic mass is 127. The van der Waals surface area contributed by atoms with Crippen molar-refractivity contribution in [3.05, 3.63) is 37.6 Å². The SMILES string of the molecule is Nc1ncnc(Nc2cc(I)ccc2Br)c1Cl. The number of halogens is 3. The molecular weight excluding hydrogens is 418 g/mol. The Morgan fingerprint density at radius 2 is 2.12 bits per heavy atom. The van der Waals surface area contributed by atoms with Gasteiger partial charge >= 0.3 is 0 Å². The van der Waals surface area contributed by atoms with Crippen molar-refractivity contribution in [2.75, 3.05) is 11.1 Å². The Labute approximate surface area is 125 Å². The molecule has 88 valence electrons. The summed E-state index contributed by atoms with van der Waals surface area (Å²) in [7, 11) is 0. The van der Waals surface area contributed by atoms with Gasteiger partial charge in [-0.15, -0.1) is 0 Å². The summed E-state index contributed by atoms with van der Waals surface area (Å²) in [6.45, 7) is 0. The first-order chi connectivity index (χ1) is 8.08. The van der Waals surface area contributed by atoms with Crippen molar-refractivity contribution in [3.8, 4) is 0 Å². The average molecular weight is 425 g/mol.